The van der Waals surface area contributed by atoms with Gasteiger partial charge >= 0.3 is 0 Å². The van der Waals surface area contributed by atoms with E-state index in [1.807, 2.05) is 0 Å². The molecule has 0 aromatic heterocycles. The molecule has 19 heavy (non-hydrogen) atoms. The molecule has 6 heteroatoms. The minimum Gasteiger partial charge on any atom is -0.279 e. The molecule has 0 spiro atoms. The molecule has 1 aromatic rings. The molecule has 1 aromatic carbocycles. The van der Waals surface area contributed by atoms with Crippen LogP contribution in [0.2, 0.25) is 5.02 Å². The second-order valence-corrected chi connectivity index (χ2v) is 6.17. The third-order valence-corrected chi connectivity index (χ3v) is 4.54. The summed E-state index contributed by atoms with van der Waals surface area (Å²) >= 11 is 8.36. The van der Waals surface area contributed by atoms with Gasteiger partial charge in [-0.25, -0.2) is 9.38 Å². The second kappa shape index (κ2) is 6.41. The molecule has 0 amide bonds. The molecule has 0 radical (unpaired) electrons. The van der Waals surface area contributed by atoms with Gasteiger partial charge in [0.25, 0.3) is 0 Å². The Hall–Kier alpha value is -1.04. The summed E-state index contributed by atoms with van der Waals surface area (Å²) < 4.78 is 14.3. The number of thioether (sulfide) groups is 2. The summed E-state index contributed by atoms with van der Waals surface area (Å²) in [5.41, 5.74) is 0.399. The first-order valence-corrected chi connectivity index (χ1v) is 7.50. The third kappa shape index (κ3) is 3.49. The number of carbonyl (C=O) groups excluding carboxylic acids is 1. The highest BCUT2D eigenvalue weighted by molar-refractivity contribution is 8.45. The Morgan fingerprint density at radius 3 is 3.00 bits per heavy atom. The van der Waals surface area contributed by atoms with Gasteiger partial charge in [-0.15, -0.1) is 6.58 Å². The van der Waals surface area contributed by atoms with E-state index in [9.17, 15) is 9.18 Å². The molecule has 0 bridgehead atoms. The molecule has 1 aliphatic rings. The lowest BCUT2D eigenvalue weighted by Gasteiger charge is -1.99. The number of benzene rings is 1. The van der Waals surface area contributed by atoms with Crippen molar-refractivity contribution in [3.05, 3.63) is 53.0 Å². The van der Waals surface area contributed by atoms with Crippen molar-refractivity contribution in [1.29, 1.82) is 0 Å². The lowest BCUT2D eigenvalue weighted by Crippen LogP contribution is -1.90. The zero-order valence-electron chi connectivity index (χ0n) is 9.73. The van der Waals surface area contributed by atoms with Crippen LogP contribution in [0.1, 0.15) is 5.56 Å². The predicted octanol–water partition coefficient (Wildman–Crippen LogP) is 4.37. The summed E-state index contributed by atoms with van der Waals surface area (Å²) in [7, 11) is 0. The standard InChI is InChI=1S/C13H9ClFNOS2/c1-2-6-18-13-16-11(12(17)19-13)7-8-9(14)4-3-5-10(8)15/h2-5,7H,1,6H2. The minimum atomic E-state index is -0.472. The second-order valence-electron chi connectivity index (χ2n) is 3.53. The van der Waals surface area contributed by atoms with E-state index < -0.39 is 5.82 Å². The van der Waals surface area contributed by atoms with Crippen LogP contribution in [0.5, 0.6) is 0 Å². The Labute approximate surface area is 123 Å². The first-order chi connectivity index (χ1) is 9.11. The van der Waals surface area contributed by atoms with Crippen molar-refractivity contribution in [1.82, 2.24) is 0 Å². The van der Waals surface area contributed by atoms with Crippen LogP contribution in [0.25, 0.3) is 6.08 Å². The Bertz CT molecular complexity index is 578. The Morgan fingerprint density at radius 2 is 2.32 bits per heavy atom. The average Bonchev–Trinajstić information content (AvgIpc) is 2.72. The zero-order chi connectivity index (χ0) is 13.8. The van der Waals surface area contributed by atoms with Crippen LogP contribution >= 0.6 is 35.1 Å². The van der Waals surface area contributed by atoms with Gasteiger partial charge in [-0.3, -0.25) is 4.79 Å². The predicted molar refractivity (Wildman–Crippen MR) is 82.1 cm³/mol. The maximum Gasteiger partial charge on any atom is 0.244 e. The van der Waals surface area contributed by atoms with Crippen LogP contribution in [0, 0.1) is 5.82 Å². The van der Waals surface area contributed by atoms with E-state index in [1.165, 1.54) is 30.0 Å². The van der Waals surface area contributed by atoms with E-state index in [-0.39, 0.29) is 21.4 Å². The number of carbonyl (C=O) groups is 1. The Kier molecular flexibility index (Phi) is 4.85. The monoisotopic (exact) mass is 313 g/mol. The lowest BCUT2D eigenvalue weighted by atomic mass is 10.2. The van der Waals surface area contributed by atoms with Gasteiger partial charge in [0.15, 0.2) is 0 Å². The van der Waals surface area contributed by atoms with Crippen molar-refractivity contribution < 1.29 is 9.18 Å². The highest BCUT2D eigenvalue weighted by atomic mass is 35.5. The van der Waals surface area contributed by atoms with Gasteiger partial charge in [0, 0.05) is 11.3 Å². The molecule has 0 fully saturated rings. The lowest BCUT2D eigenvalue weighted by molar-refractivity contribution is -0.107. The van der Waals surface area contributed by atoms with Crippen LogP contribution in [0.4, 0.5) is 4.39 Å². The van der Waals surface area contributed by atoms with Crippen molar-refractivity contribution in [2.75, 3.05) is 5.75 Å². The summed E-state index contributed by atoms with van der Waals surface area (Å²) in [5.74, 6) is 0.201. The van der Waals surface area contributed by atoms with Crippen LogP contribution < -0.4 is 0 Å². The van der Waals surface area contributed by atoms with Crippen LogP contribution in [-0.2, 0) is 4.79 Å². The number of aliphatic imine (C=N–C) groups is 1. The first-order valence-electron chi connectivity index (χ1n) is 5.32. The van der Waals surface area contributed by atoms with E-state index >= 15 is 0 Å². The van der Waals surface area contributed by atoms with E-state index in [0.717, 1.165) is 11.8 Å². The maximum atomic E-state index is 13.6. The molecule has 1 heterocycles. The van der Waals surface area contributed by atoms with Gasteiger partial charge in [0.1, 0.15) is 15.9 Å². The number of halogens is 2. The highest BCUT2D eigenvalue weighted by Gasteiger charge is 2.22. The quantitative estimate of drug-likeness (QED) is 0.613. The van der Waals surface area contributed by atoms with Gasteiger partial charge < -0.3 is 0 Å². The van der Waals surface area contributed by atoms with Crippen LogP contribution in [0.15, 0.2) is 41.5 Å². The molecular weight excluding hydrogens is 305 g/mol. The molecule has 1 aliphatic heterocycles. The molecule has 2 nitrogen and oxygen atoms in total. The topological polar surface area (TPSA) is 29.4 Å². The van der Waals surface area contributed by atoms with Crippen molar-refractivity contribution >= 4 is 50.7 Å². The number of hydrogen-bond acceptors (Lipinski definition) is 4. The van der Waals surface area contributed by atoms with Gasteiger partial charge in [-0.2, -0.15) is 0 Å². The van der Waals surface area contributed by atoms with E-state index in [0.29, 0.717) is 10.1 Å². The van der Waals surface area contributed by atoms with E-state index in [4.69, 9.17) is 11.6 Å². The fraction of sp³-hybridized carbons (Fsp3) is 0.0769. The first kappa shape index (κ1) is 14.4. The SMILES string of the molecule is C=CCSC1=NC(=Cc2c(F)cccc2Cl)C(=O)S1. The fourth-order valence-electron chi connectivity index (χ4n) is 1.37. The van der Waals surface area contributed by atoms with Crippen molar-refractivity contribution in [3.8, 4) is 0 Å². The summed E-state index contributed by atoms with van der Waals surface area (Å²) in [5, 5.41) is 0.0542. The van der Waals surface area contributed by atoms with E-state index in [2.05, 4.69) is 11.6 Å². The van der Waals surface area contributed by atoms with Gasteiger partial charge in [0.05, 0.1) is 5.02 Å². The molecule has 0 saturated carbocycles. The number of nitrogens with zero attached hydrogens (tertiary/aromatic N) is 1. The zero-order valence-corrected chi connectivity index (χ0v) is 12.1. The molecule has 0 saturated heterocycles. The van der Waals surface area contributed by atoms with Crippen LogP contribution in [-0.4, -0.2) is 15.2 Å². The summed E-state index contributed by atoms with van der Waals surface area (Å²) in [6.07, 6.45) is 3.11. The highest BCUT2D eigenvalue weighted by Crippen LogP contribution is 2.32. The van der Waals surface area contributed by atoms with Gasteiger partial charge in [-0.05, 0) is 30.0 Å². The normalized spacial score (nSPS) is 16.8. The molecule has 0 N–H and O–H groups in total. The largest absolute Gasteiger partial charge is 0.279 e. The van der Waals surface area contributed by atoms with Crippen molar-refractivity contribution in [3.63, 3.8) is 0 Å². The molecule has 0 aliphatic carbocycles. The summed E-state index contributed by atoms with van der Waals surface area (Å²) in [6.45, 7) is 3.60. The maximum absolute atomic E-state index is 13.6. The molecular formula is C13H9ClFNOS2. The van der Waals surface area contributed by atoms with Gasteiger partial charge in [0.2, 0.25) is 5.12 Å². The fourth-order valence-corrected chi connectivity index (χ4v) is 3.19. The summed E-state index contributed by atoms with van der Waals surface area (Å²) in [4.78, 5) is 15.9. The third-order valence-electron chi connectivity index (χ3n) is 2.21. The Morgan fingerprint density at radius 1 is 1.53 bits per heavy atom. The van der Waals surface area contributed by atoms with Crippen molar-refractivity contribution in [2.24, 2.45) is 4.99 Å². The van der Waals surface area contributed by atoms with Gasteiger partial charge in [-0.1, -0.05) is 35.5 Å². The summed E-state index contributed by atoms with van der Waals surface area (Å²) in [6, 6.07) is 4.38. The molecule has 2 rings (SSSR count). The van der Waals surface area contributed by atoms with Crippen molar-refractivity contribution in [2.45, 2.75) is 0 Å². The Balaban J connectivity index is 2.30. The molecule has 0 unspecified atom stereocenters. The molecule has 98 valence electrons. The smallest absolute Gasteiger partial charge is 0.244 e. The van der Waals surface area contributed by atoms with Crippen LogP contribution in [0.3, 0.4) is 0 Å². The number of hydrogen-bond donors (Lipinski definition) is 0. The minimum absolute atomic E-state index is 0.187. The number of rotatable bonds is 3. The average molecular weight is 314 g/mol. The van der Waals surface area contributed by atoms with E-state index in [1.54, 1.807) is 12.1 Å². The molecule has 0 atom stereocenters.